The van der Waals surface area contributed by atoms with E-state index < -0.39 is 6.43 Å². The van der Waals surface area contributed by atoms with Crippen LogP contribution in [0.25, 0.3) is 0 Å². The first-order valence-electron chi connectivity index (χ1n) is 3.03. The standard InChI is InChI=1S/C6H7F2N3/c7-6(8)5-1-4(2-9)10-3-11-5/h1,3,6H,2,9H2. The van der Waals surface area contributed by atoms with Crippen molar-refractivity contribution in [2.45, 2.75) is 13.0 Å². The van der Waals surface area contributed by atoms with E-state index in [0.29, 0.717) is 5.69 Å². The second kappa shape index (κ2) is 3.34. The van der Waals surface area contributed by atoms with Gasteiger partial charge in [0.2, 0.25) is 0 Å². The minimum absolute atomic E-state index is 0.155. The molecule has 3 nitrogen and oxygen atoms in total. The van der Waals surface area contributed by atoms with E-state index in [0.717, 1.165) is 6.33 Å². The number of hydrogen-bond acceptors (Lipinski definition) is 3. The van der Waals surface area contributed by atoms with Crippen LogP contribution in [0.5, 0.6) is 0 Å². The van der Waals surface area contributed by atoms with Crippen LogP contribution in [0.3, 0.4) is 0 Å². The van der Waals surface area contributed by atoms with Gasteiger partial charge in [-0.25, -0.2) is 18.7 Å². The number of nitrogens with zero attached hydrogens (tertiary/aromatic N) is 2. The molecule has 0 unspecified atom stereocenters. The molecule has 11 heavy (non-hydrogen) atoms. The van der Waals surface area contributed by atoms with Crippen molar-refractivity contribution in [1.82, 2.24) is 9.97 Å². The molecule has 1 heterocycles. The van der Waals surface area contributed by atoms with Crippen LogP contribution in [0, 0.1) is 0 Å². The molecule has 60 valence electrons. The number of alkyl halides is 2. The normalized spacial score (nSPS) is 10.5. The monoisotopic (exact) mass is 159 g/mol. The highest BCUT2D eigenvalue weighted by atomic mass is 19.3. The molecule has 0 amide bonds. The Kier molecular flexibility index (Phi) is 2.43. The van der Waals surface area contributed by atoms with E-state index in [2.05, 4.69) is 9.97 Å². The topological polar surface area (TPSA) is 51.8 Å². The highest BCUT2D eigenvalue weighted by Crippen LogP contribution is 2.15. The first-order chi connectivity index (χ1) is 5.24. The Labute approximate surface area is 62.3 Å². The third kappa shape index (κ3) is 1.91. The highest BCUT2D eigenvalue weighted by molar-refractivity contribution is 5.08. The predicted octanol–water partition coefficient (Wildman–Crippen LogP) is 0.873. The van der Waals surface area contributed by atoms with Crippen molar-refractivity contribution in [3.05, 3.63) is 23.8 Å². The lowest BCUT2D eigenvalue weighted by Gasteiger charge is -1.98. The van der Waals surface area contributed by atoms with Crippen LogP contribution < -0.4 is 5.73 Å². The van der Waals surface area contributed by atoms with Gasteiger partial charge >= 0.3 is 0 Å². The molecule has 2 N–H and O–H groups in total. The Morgan fingerprint density at radius 1 is 1.45 bits per heavy atom. The van der Waals surface area contributed by atoms with E-state index in [1.807, 2.05) is 0 Å². The van der Waals surface area contributed by atoms with Crippen LogP contribution in [-0.4, -0.2) is 9.97 Å². The lowest BCUT2D eigenvalue weighted by Crippen LogP contribution is -2.02. The predicted molar refractivity (Wildman–Crippen MR) is 34.9 cm³/mol. The Bertz CT molecular complexity index is 239. The maximum atomic E-state index is 12.0. The van der Waals surface area contributed by atoms with Gasteiger partial charge in [0.05, 0.1) is 5.69 Å². The van der Waals surface area contributed by atoms with E-state index in [9.17, 15) is 8.78 Å². The van der Waals surface area contributed by atoms with Gasteiger partial charge in [-0.15, -0.1) is 0 Å². The second-order valence-electron chi connectivity index (χ2n) is 1.94. The van der Waals surface area contributed by atoms with Crippen molar-refractivity contribution in [2.75, 3.05) is 0 Å². The minimum atomic E-state index is -2.55. The van der Waals surface area contributed by atoms with Gasteiger partial charge in [-0.05, 0) is 6.07 Å². The molecule has 0 aromatic carbocycles. The van der Waals surface area contributed by atoms with Crippen molar-refractivity contribution in [3.63, 3.8) is 0 Å². The summed E-state index contributed by atoms with van der Waals surface area (Å²) in [4.78, 5) is 7.04. The number of nitrogens with two attached hydrogens (primary N) is 1. The van der Waals surface area contributed by atoms with Gasteiger partial charge in [0.15, 0.2) is 0 Å². The summed E-state index contributed by atoms with van der Waals surface area (Å²) in [5, 5.41) is 0. The summed E-state index contributed by atoms with van der Waals surface area (Å²) in [6.07, 6.45) is -1.47. The second-order valence-corrected chi connectivity index (χ2v) is 1.94. The van der Waals surface area contributed by atoms with Gasteiger partial charge < -0.3 is 5.73 Å². The summed E-state index contributed by atoms with van der Waals surface area (Å²) >= 11 is 0. The third-order valence-corrected chi connectivity index (χ3v) is 1.18. The van der Waals surface area contributed by atoms with Gasteiger partial charge in [0, 0.05) is 6.54 Å². The van der Waals surface area contributed by atoms with E-state index in [-0.39, 0.29) is 12.2 Å². The summed E-state index contributed by atoms with van der Waals surface area (Å²) in [6, 6.07) is 1.20. The fourth-order valence-corrected chi connectivity index (χ4v) is 0.646. The van der Waals surface area contributed by atoms with Crippen LogP contribution in [0.15, 0.2) is 12.4 Å². The van der Waals surface area contributed by atoms with E-state index in [4.69, 9.17) is 5.73 Å². The molecular formula is C6H7F2N3. The molecule has 0 saturated carbocycles. The molecule has 0 aliphatic heterocycles. The van der Waals surface area contributed by atoms with Crippen molar-refractivity contribution in [3.8, 4) is 0 Å². The van der Waals surface area contributed by atoms with Crippen LogP contribution in [0.4, 0.5) is 8.78 Å². The van der Waals surface area contributed by atoms with Crippen LogP contribution in [0.2, 0.25) is 0 Å². The average molecular weight is 159 g/mol. The van der Waals surface area contributed by atoms with Gasteiger partial charge in [-0.2, -0.15) is 0 Å². The summed E-state index contributed by atoms with van der Waals surface area (Å²) in [5.41, 5.74) is 5.33. The molecule has 0 aliphatic rings. The van der Waals surface area contributed by atoms with Crippen LogP contribution in [0.1, 0.15) is 17.8 Å². The van der Waals surface area contributed by atoms with Crippen molar-refractivity contribution >= 4 is 0 Å². The fraction of sp³-hybridized carbons (Fsp3) is 0.333. The zero-order chi connectivity index (χ0) is 8.27. The Morgan fingerprint density at radius 2 is 2.18 bits per heavy atom. The first kappa shape index (κ1) is 8.00. The van der Waals surface area contributed by atoms with Gasteiger partial charge in [0.1, 0.15) is 12.0 Å². The fourth-order valence-electron chi connectivity index (χ4n) is 0.646. The molecule has 5 heteroatoms. The zero-order valence-electron chi connectivity index (χ0n) is 5.67. The lowest BCUT2D eigenvalue weighted by atomic mass is 10.3. The number of aromatic nitrogens is 2. The Morgan fingerprint density at radius 3 is 2.73 bits per heavy atom. The minimum Gasteiger partial charge on any atom is -0.325 e. The van der Waals surface area contributed by atoms with Crippen molar-refractivity contribution in [1.29, 1.82) is 0 Å². The molecule has 0 atom stereocenters. The first-order valence-corrected chi connectivity index (χ1v) is 3.03. The summed E-state index contributed by atoms with van der Waals surface area (Å²) in [5.74, 6) is 0. The molecule has 0 bridgehead atoms. The van der Waals surface area contributed by atoms with E-state index in [1.54, 1.807) is 0 Å². The third-order valence-electron chi connectivity index (χ3n) is 1.18. The molecular weight excluding hydrogens is 152 g/mol. The maximum Gasteiger partial charge on any atom is 0.280 e. The molecule has 0 fully saturated rings. The quantitative estimate of drug-likeness (QED) is 0.696. The molecule has 1 aromatic rings. The van der Waals surface area contributed by atoms with Crippen LogP contribution >= 0.6 is 0 Å². The van der Waals surface area contributed by atoms with Crippen molar-refractivity contribution < 1.29 is 8.78 Å². The van der Waals surface area contributed by atoms with Gasteiger partial charge in [-0.1, -0.05) is 0 Å². The molecule has 0 saturated heterocycles. The summed E-state index contributed by atoms with van der Waals surface area (Å²) < 4.78 is 23.9. The molecule has 1 aromatic heterocycles. The summed E-state index contributed by atoms with van der Waals surface area (Å²) in [7, 11) is 0. The van der Waals surface area contributed by atoms with Crippen molar-refractivity contribution in [2.24, 2.45) is 5.73 Å². The highest BCUT2D eigenvalue weighted by Gasteiger charge is 2.08. The molecule has 0 aliphatic carbocycles. The molecule has 0 spiro atoms. The Balaban J connectivity index is 2.91. The zero-order valence-corrected chi connectivity index (χ0v) is 5.67. The van der Waals surface area contributed by atoms with E-state index in [1.165, 1.54) is 6.07 Å². The molecule has 0 radical (unpaired) electrons. The van der Waals surface area contributed by atoms with E-state index >= 15 is 0 Å². The summed E-state index contributed by atoms with van der Waals surface area (Å²) in [6.45, 7) is 0.155. The Hall–Kier alpha value is -1.10. The number of halogens is 2. The molecule has 1 rings (SSSR count). The smallest absolute Gasteiger partial charge is 0.280 e. The SMILES string of the molecule is NCc1cc(C(F)F)ncn1. The lowest BCUT2D eigenvalue weighted by molar-refractivity contribution is 0.145. The number of rotatable bonds is 2. The maximum absolute atomic E-state index is 12.0. The average Bonchev–Trinajstić information content (AvgIpc) is 2.05. The largest absolute Gasteiger partial charge is 0.325 e. The van der Waals surface area contributed by atoms with Gasteiger partial charge in [-0.3, -0.25) is 0 Å². The number of hydrogen-bond donors (Lipinski definition) is 1. The van der Waals surface area contributed by atoms with Gasteiger partial charge in [0.25, 0.3) is 6.43 Å². The van der Waals surface area contributed by atoms with Crippen LogP contribution in [-0.2, 0) is 6.54 Å².